The number of hydrogen-bond donors (Lipinski definition) is 0. The van der Waals surface area contributed by atoms with Crippen LogP contribution in [0.5, 0.6) is 17.2 Å². The molecule has 2 atom stereocenters. The first-order valence-electron chi connectivity index (χ1n) is 10.5. The largest absolute Gasteiger partial charge is 0.497 e. The molecule has 0 amide bonds. The van der Waals surface area contributed by atoms with Crippen LogP contribution in [-0.4, -0.2) is 24.4 Å². The highest BCUT2D eigenvalue weighted by Gasteiger charge is 2.41. The number of nitrogens with zero attached hydrogens (tertiary/aromatic N) is 2. The average Bonchev–Trinajstić information content (AvgIpc) is 3.29. The van der Waals surface area contributed by atoms with Gasteiger partial charge in [-0.3, -0.25) is 0 Å². The molecule has 2 aliphatic rings. The lowest BCUT2D eigenvalue weighted by Gasteiger charge is -2.38. The molecule has 6 heteroatoms. The van der Waals surface area contributed by atoms with Crippen LogP contribution in [0.1, 0.15) is 35.4 Å². The van der Waals surface area contributed by atoms with Gasteiger partial charge in [-0.05, 0) is 72.3 Å². The van der Waals surface area contributed by atoms with E-state index in [9.17, 15) is 0 Å². The van der Waals surface area contributed by atoms with Gasteiger partial charge in [0.2, 0.25) is 6.23 Å². The van der Waals surface area contributed by atoms with E-state index in [2.05, 4.69) is 6.58 Å². The summed E-state index contributed by atoms with van der Waals surface area (Å²) in [5.74, 6) is 2.44. The summed E-state index contributed by atoms with van der Waals surface area (Å²) in [6.07, 6.45) is 2.14. The Hall–Kier alpha value is -3.44. The van der Waals surface area contributed by atoms with Gasteiger partial charge in [-0.1, -0.05) is 24.3 Å². The SMILES string of the molecule is C=CCOc1ccc([C@H]2Oc3ccc(Cl)cc3[C@@H]3CC(c4ccc(OC)cc4)=NN23)cc1. The van der Waals surface area contributed by atoms with Crippen molar-refractivity contribution in [3.05, 3.63) is 101 Å². The van der Waals surface area contributed by atoms with Crippen LogP contribution >= 0.6 is 11.6 Å². The van der Waals surface area contributed by atoms with Gasteiger partial charge in [0.1, 0.15) is 23.9 Å². The molecular weight excluding hydrogens is 424 g/mol. The number of benzene rings is 3. The molecule has 162 valence electrons. The number of fused-ring (bicyclic) bond motifs is 3. The van der Waals surface area contributed by atoms with E-state index in [0.29, 0.717) is 11.6 Å². The summed E-state index contributed by atoms with van der Waals surface area (Å²) in [5, 5.41) is 7.72. The van der Waals surface area contributed by atoms with Crippen molar-refractivity contribution < 1.29 is 14.2 Å². The van der Waals surface area contributed by atoms with Crippen LogP contribution in [0.3, 0.4) is 0 Å². The molecule has 0 bridgehead atoms. The van der Waals surface area contributed by atoms with Crippen LogP contribution in [0, 0.1) is 0 Å². The Morgan fingerprint density at radius 3 is 2.56 bits per heavy atom. The van der Waals surface area contributed by atoms with Crippen LogP contribution in [-0.2, 0) is 0 Å². The van der Waals surface area contributed by atoms with Crippen LogP contribution < -0.4 is 14.2 Å². The van der Waals surface area contributed by atoms with Crippen molar-refractivity contribution in [3.8, 4) is 17.2 Å². The van der Waals surface area contributed by atoms with Gasteiger partial charge >= 0.3 is 0 Å². The Balaban J connectivity index is 1.51. The summed E-state index contributed by atoms with van der Waals surface area (Å²) in [7, 11) is 1.67. The Bertz CT molecular complexity index is 1160. The molecule has 3 aromatic rings. The van der Waals surface area contributed by atoms with Crippen molar-refractivity contribution in [3.63, 3.8) is 0 Å². The lowest BCUT2D eigenvalue weighted by molar-refractivity contribution is -0.0190. The fraction of sp³-hybridized carbons (Fsp3) is 0.192. The van der Waals surface area contributed by atoms with Gasteiger partial charge in [0.05, 0.1) is 18.9 Å². The number of halogens is 1. The van der Waals surface area contributed by atoms with Crippen LogP contribution in [0.15, 0.2) is 84.5 Å². The standard InChI is InChI=1S/C26H23ClN2O3/c1-3-14-31-21-11-6-18(7-12-21)26-29-24(22-15-19(27)8-13-25(22)32-26)16-23(28-29)17-4-9-20(30-2)10-5-17/h3-13,15,24,26H,1,14,16H2,2H3/t24-,26+/m0/s1. The van der Waals surface area contributed by atoms with Gasteiger partial charge in [0, 0.05) is 22.6 Å². The highest BCUT2D eigenvalue weighted by atomic mass is 35.5. The minimum Gasteiger partial charge on any atom is -0.497 e. The van der Waals surface area contributed by atoms with E-state index in [1.165, 1.54) is 0 Å². The highest BCUT2D eigenvalue weighted by molar-refractivity contribution is 6.30. The van der Waals surface area contributed by atoms with Crippen LogP contribution in [0.4, 0.5) is 0 Å². The smallest absolute Gasteiger partial charge is 0.213 e. The lowest BCUT2D eigenvalue weighted by Crippen LogP contribution is -2.33. The number of rotatable bonds is 6. The van der Waals surface area contributed by atoms with Crippen molar-refractivity contribution in [2.75, 3.05) is 13.7 Å². The van der Waals surface area contributed by atoms with E-state index in [1.807, 2.05) is 71.7 Å². The fourth-order valence-electron chi connectivity index (χ4n) is 4.12. The van der Waals surface area contributed by atoms with Crippen LogP contribution in [0.25, 0.3) is 0 Å². The van der Waals surface area contributed by atoms with Gasteiger partial charge in [-0.2, -0.15) is 5.10 Å². The summed E-state index contributed by atoms with van der Waals surface area (Å²) >= 11 is 6.32. The zero-order chi connectivity index (χ0) is 22.1. The maximum atomic E-state index is 6.41. The molecule has 0 saturated heterocycles. The Kier molecular flexibility index (Phi) is 5.50. The molecule has 32 heavy (non-hydrogen) atoms. The maximum Gasteiger partial charge on any atom is 0.213 e. The van der Waals surface area contributed by atoms with Crippen LogP contribution in [0.2, 0.25) is 5.02 Å². The van der Waals surface area contributed by atoms with E-state index in [-0.39, 0.29) is 12.3 Å². The molecule has 0 fully saturated rings. The summed E-state index contributed by atoms with van der Waals surface area (Å²) in [4.78, 5) is 0. The average molecular weight is 447 g/mol. The Morgan fingerprint density at radius 2 is 1.84 bits per heavy atom. The number of methoxy groups -OCH3 is 1. The summed E-state index contributed by atoms with van der Waals surface area (Å²) in [6.45, 7) is 4.16. The second kappa shape index (κ2) is 8.60. The third-order valence-corrected chi connectivity index (χ3v) is 5.94. The molecule has 5 rings (SSSR count). The zero-order valence-corrected chi connectivity index (χ0v) is 18.5. The van der Waals surface area contributed by atoms with Crippen molar-refractivity contribution >= 4 is 17.3 Å². The number of hydrogen-bond acceptors (Lipinski definition) is 5. The molecule has 0 radical (unpaired) electrons. The number of hydrazone groups is 1. The van der Waals surface area contributed by atoms with E-state index in [0.717, 1.165) is 46.1 Å². The van der Waals surface area contributed by atoms with Gasteiger partial charge in [0.15, 0.2) is 0 Å². The third kappa shape index (κ3) is 3.80. The second-order valence-corrected chi connectivity index (χ2v) is 8.13. The molecule has 0 aromatic heterocycles. The molecule has 5 nitrogen and oxygen atoms in total. The molecule has 3 aromatic carbocycles. The monoisotopic (exact) mass is 446 g/mol. The third-order valence-electron chi connectivity index (χ3n) is 5.71. The van der Waals surface area contributed by atoms with Crippen molar-refractivity contribution in [1.29, 1.82) is 0 Å². The first kappa shape index (κ1) is 20.5. The van der Waals surface area contributed by atoms with E-state index >= 15 is 0 Å². The second-order valence-electron chi connectivity index (χ2n) is 7.70. The minimum absolute atomic E-state index is 0.0382. The first-order chi connectivity index (χ1) is 15.7. The minimum atomic E-state index is -0.349. The molecule has 0 unspecified atom stereocenters. The quantitative estimate of drug-likeness (QED) is 0.425. The molecule has 0 saturated carbocycles. The van der Waals surface area contributed by atoms with Crippen molar-refractivity contribution in [2.24, 2.45) is 5.10 Å². The normalized spacial score (nSPS) is 18.8. The summed E-state index contributed by atoms with van der Waals surface area (Å²) in [5.41, 5.74) is 4.12. The van der Waals surface area contributed by atoms with Crippen molar-refractivity contribution in [1.82, 2.24) is 5.01 Å². The van der Waals surface area contributed by atoms with E-state index < -0.39 is 0 Å². The highest BCUT2D eigenvalue weighted by Crippen LogP contribution is 2.48. The topological polar surface area (TPSA) is 43.3 Å². The van der Waals surface area contributed by atoms with Crippen molar-refractivity contribution in [2.45, 2.75) is 18.7 Å². The predicted octanol–water partition coefficient (Wildman–Crippen LogP) is 6.16. The van der Waals surface area contributed by atoms with Gasteiger partial charge in [-0.15, -0.1) is 0 Å². The zero-order valence-electron chi connectivity index (χ0n) is 17.7. The first-order valence-corrected chi connectivity index (χ1v) is 10.8. The Morgan fingerprint density at radius 1 is 1.09 bits per heavy atom. The van der Waals surface area contributed by atoms with E-state index in [4.69, 9.17) is 30.9 Å². The summed E-state index contributed by atoms with van der Waals surface area (Å²) < 4.78 is 17.3. The van der Waals surface area contributed by atoms with Gasteiger partial charge in [-0.25, -0.2) is 5.01 Å². The number of ether oxygens (including phenoxy) is 3. The fourth-order valence-corrected chi connectivity index (χ4v) is 4.30. The predicted molar refractivity (Wildman–Crippen MR) is 126 cm³/mol. The maximum absolute atomic E-state index is 6.41. The molecule has 0 N–H and O–H groups in total. The van der Waals surface area contributed by atoms with Gasteiger partial charge in [0.25, 0.3) is 0 Å². The molecular formula is C26H23ClN2O3. The van der Waals surface area contributed by atoms with Gasteiger partial charge < -0.3 is 14.2 Å². The molecule has 0 spiro atoms. The summed E-state index contributed by atoms with van der Waals surface area (Å²) in [6, 6.07) is 21.7. The molecule has 2 aliphatic heterocycles. The lowest BCUT2D eigenvalue weighted by atomic mass is 9.96. The van der Waals surface area contributed by atoms with E-state index in [1.54, 1.807) is 13.2 Å². The molecule has 0 aliphatic carbocycles. The Labute approximate surface area is 192 Å². The molecule has 2 heterocycles.